The van der Waals surface area contributed by atoms with Crippen LogP contribution in [-0.2, 0) is 13.2 Å². The van der Waals surface area contributed by atoms with Crippen molar-refractivity contribution in [1.29, 1.82) is 0 Å². The fourth-order valence-corrected chi connectivity index (χ4v) is 1.78. The van der Waals surface area contributed by atoms with Crippen LogP contribution in [0, 0.1) is 0 Å². The Morgan fingerprint density at radius 1 is 1.26 bits per heavy atom. The van der Waals surface area contributed by atoms with Crippen molar-refractivity contribution in [2.45, 2.75) is 19.1 Å². The lowest BCUT2D eigenvalue weighted by atomic mass is 10.0. The number of aromatic nitrogens is 2. The molecule has 0 saturated carbocycles. The van der Waals surface area contributed by atoms with Gasteiger partial charge < -0.3 is 5.32 Å². The van der Waals surface area contributed by atoms with Crippen LogP contribution in [0.5, 0.6) is 0 Å². The van der Waals surface area contributed by atoms with Crippen LogP contribution in [0.2, 0.25) is 0 Å². The monoisotopic (exact) mass is 269 g/mol. The Hall–Kier alpha value is -1.98. The first-order valence-electron chi connectivity index (χ1n) is 5.79. The molecule has 0 fully saturated rings. The first-order valence-corrected chi connectivity index (χ1v) is 5.79. The number of rotatable bonds is 3. The average Bonchev–Trinajstić information content (AvgIpc) is 2.74. The molecule has 3 nitrogen and oxygen atoms in total. The van der Waals surface area contributed by atoms with Crippen molar-refractivity contribution in [2.75, 3.05) is 5.32 Å². The topological polar surface area (TPSA) is 29.9 Å². The maximum absolute atomic E-state index is 12.6. The Labute approximate surface area is 109 Å². The second-order valence-corrected chi connectivity index (χ2v) is 4.36. The minimum atomic E-state index is -4.32. The van der Waals surface area contributed by atoms with Crippen LogP contribution in [0.1, 0.15) is 24.1 Å². The molecule has 102 valence electrons. The lowest BCUT2D eigenvalue weighted by Gasteiger charge is -2.15. The van der Waals surface area contributed by atoms with Crippen molar-refractivity contribution in [3.63, 3.8) is 0 Å². The lowest BCUT2D eigenvalue weighted by Crippen LogP contribution is -2.10. The zero-order valence-corrected chi connectivity index (χ0v) is 10.6. The van der Waals surface area contributed by atoms with Gasteiger partial charge >= 0.3 is 6.18 Å². The van der Waals surface area contributed by atoms with E-state index in [2.05, 4.69) is 10.4 Å². The number of alkyl halides is 3. The summed E-state index contributed by atoms with van der Waals surface area (Å²) in [5.74, 6) is 0.632. The number of benzene rings is 1. The second kappa shape index (κ2) is 4.95. The summed E-state index contributed by atoms with van der Waals surface area (Å²) in [5, 5.41) is 7.19. The third-order valence-corrected chi connectivity index (χ3v) is 2.79. The molecule has 19 heavy (non-hydrogen) atoms. The minimum Gasteiger partial charge on any atom is -0.362 e. The molecule has 1 unspecified atom stereocenters. The van der Waals surface area contributed by atoms with Crippen molar-refractivity contribution < 1.29 is 13.2 Å². The molecule has 1 atom stereocenters. The molecule has 0 bridgehead atoms. The third kappa shape index (κ3) is 3.27. The third-order valence-electron chi connectivity index (χ3n) is 2.79. The standard InChI is InChI=1S/C13H14F3N3/c1-9(17-12-6-7-19(2)18-12)10-4-3-5-11(8-10)13(14,15)16/h3-9H,1-2H3,(H,17,18). The summed E-state index contributed by atoms with van der Waals surface area (Å²) in [6.07, 6.45) is -2.55. The van der Waals surface area contributed by atoms with Crippen LogP contribution in [0.4, 0.5) is 19.0 Å². The molecule has 0 saturated heterocycles. The summed E-state index contributed by atoms with van der Waals surface area (Å²) < 4.78 is 39.5. The lowest BCUT2D eigenvalue weighted by molar-refractivity contribution is -0.137. The predicted octanol–water partition coefficient (Wildman–Crippen LogP) is 3.61. The molecule has 1 heterocycles. The number of nitrogens with zero attached hydrogens (tertiary/aromatic N) is 2. The van der Waals surface area contributed by atoms with Gasteiger partial charge in [0.15, 0.2) is 0 Å². The largest absolute Gasteiger partial charge is 0.416 e. The van der Waals surface area contributed by atoms with Crippen molar-refractivity contribution in [3.8, 4) is 0 Å². The highest BCUT2D eigenvalue weighted by Crippen LogP contribution is 2.31. The first-order chi connectivity index (χ1) is 8.86. The van der Waals surface area contributed by atoms with Crippen LogP contribution in [0.15, 0.2) is 36.5 Å². The van der Waals surface area contributed by atoms with Crippen LogP contribution in [-0.4, -0.2) is 9.78 Å². The van der Waals surface area contributed by atoms with E-state index in [4.69, 9.17) is 0 Å². The van der Waals surface area contributed by atoms with Crippen molar-refractivity contribution >= 4 is 5.82 Å². The number of anilines is 1. The highest BCUT2D eigenvalue weighted by molar-refractivity contribution is 5.38. The Balaban J connectivity index is 2.17. The van der Waals surface area contributed by atoms with E-state index in [0.717, 1.165) is 12.1 Å². The Morgan fingerprint density at radius 2 is 2.00 bits per heavy atom. The van der Waals surface area contributed by atoms with Gasteiger partial charge in [-0.05, 0) is 24.6 Å². The van der Waals surface area contributed by atoms with E-state index in [0.29, 0.717) is 11.4 Å². The quantitative estimate of drug-likeness (QED) is 0.922. The number of nitrogens with one attached hydrogen (secondary N) is 1. The average molecular weight is 269 g/mol. The van der Waals surface area contributed by atoms with Crippen LogP contribution in [0.3, 0.4) is 0 Å². The smallest absolute Gasteiger partial charge is 0.362 e. The number of hydrogen-bond acceptors (Lipinski definition) is 2. The van der Waals surface area contributed by atoms with Gasteiger partial charge in [0, 0.05) is 19.3 Å². The van der Waals surface area contributed by atoms with Gasteiger partial charge in [-0.1, -0.05) is 12.1 Å². The molecule has 0 aliphatic rings. The van der Waals surface area contributed by atoms with Gasteiger partial charge in [0.25, 0.3) is 0 Å². The van der Waals surface area contributed by atoms with Crippen molar-refractivity contribution in [1.82, 2.24) is 9.78 Å². The fourth-order valence-electron chi connectivity index (χ4n) is 1.78. The summed E-state index contributed by atoms with van der Waals surface area (Å²) >= 11 is 0. The van der Waals surface area contributed by atoms with E-state index >= 15 is 0 Å². The molecule has 0 amide bonds. The van der Waals surface area contributed by atoms with E-state index in [1.54, 1.807) is 37.0 Å². The van der Waals surface area contributed by atoms with Gasteiger partial charge in [0.1, 0.15) is 5.82 Å². The van der Waals surface area contributed by atoms with Gasteiger partial charge in [-0.15, -0.1) is 0 Å². The zero-order valence-electron chi connectivity index (χ0n) is 10.6. The summed E-state index contributed by atoms with van der Waals surface area (Å²) in [4.78, 5) is 0. The maximum Gasteiger partial charge on any atom is 0.416 e. The van der Waals surface area contributed by atoms with E-state index in [9.17, 15) is 13.2 Å². The molecule has 1 N–H and O–H groups in total. The molecule has 2 rings (SSSR count). The Kier molecular flexibility index (Phi) is 3.50. The van der Waals surface area contributed by atoms with Crippen LogP contribution < -0.4 is 5.32 Å². The molecule has 0 aliphatic carbocycles. The highest BCUT2D eigenvalue weighted by atomic mass is 19.4. The second-order valence-electron chi connectivity index (χ2n) is 4.36. The van der Waals surface area contributed by atoms with Crippen LogP contribution in [0.25, 0.3) is 0 Å². The van der Waals surface area contributed by atoms with Gasteiger partial charge in [-0.3, -0.25) is 4.68 Å². The summed E-state index contributed by atoms with van der Waals surface area (Å²) in [6.45, 7) is 1.80. The Bertz CT molecular complexity index is 560. The number of hydrogen-bond donors (Lipinski definition) is 1. The van der Waals surface area contributed by atoms with Gasteiger partial charge in [0.05, 0.1) is 11.6 Å². The van der Waals surface area contributed by atoms with Crippen LogP contribution >= 0.6 is 0 Å². The first kappa shape index (κ1) is 13.5. The maximum atomic E-state index is 12.6. The molecule has 1 aromatic heterocycles. The van der Waals surface area contributed by atoms with E-state index < -0.39 is 11.7 Å². The molecule has 2 aromatic rings. The molecule has 0 aliphatic heterocycles. The summed E-state index contributed by atoms with van der Waals surface area (Å²) in [5.41, 5.74) is -0.0693. The SMILES string of the molecule is CC(Nc1ccn(C)n1)c1cccc(C(F)(F)F)c1. The molecule has 0 spiro atoms. The predicted molar refractivity (Wildman–Crippen MR) is 66.7 cm³/mol. The van der Waals surface area contributed by atoms with Crippen molar-refractivity contribution in [2.24, 2.45) is 7.05 Å². The molecular weight excluding hydrogens is 255 g/mol. The molecule has 1 aromatic carbocycles. The van der Waals surface area contributed by atoms with Crippen molar-refractivity contribution in [3.05, 3.63) is 47.7 Å². The Morgan fingerprint density at radius 3 is 2.58 bits per heavy atom. The van der Waals surface area contributed by atoms with Gasteiger partial charge in [0.2, 0.25) is 0 Å². The molecule has 6 heteroatoms. The van der Waals surface area contributed by atoms with E-state index in [-0.39, 0.29) is 6.04 Å². The normalized spacial score (nSPS) is 13.3. The molecule has 0 radical (unpaired) electrons. The zero-order chi connectivity index (χ0) is 14.0. The fraction of sp³-hybridized carbons (Fsp3) is 0.308. The highest BCUT2D eigenvalue weighted by Gasteiger charge is 2.30. The number of aryl methyl sites for hydroxylation is 1. The molecular formula is C13H14F3N3. The van der Waals surface area contributed by atoms with E-state index in [1.807, 2.05) is 0 Å². The summed E-state index contributed by atoms with van der Waals surface area (Å²) in [7, 11) is 1.78. The van der Waals surface area contributed by atoms with Gasteiger partial charge in [-0.2, -0.15) is 18.3 Å². The van der Waals surface area contributed by atoms with E-state index in [1.165, 1.54) is 6.07 Å². The van der Waals surface area contributed by atoms with Gasteiger partial charge in [-0.25, -0.2) is 0 Å². The number of halogens is 3. The minimum absolute atomic E-state index is 0.253. The summed E-state index contributed by atoms with van der Waals surface area (Å²) in [6, 6.07) is 6.81.